The van der Waals surface area contributed by atoms with Crippen molar-refractivity contribution in [3.05, 3.63) is 48.3 Å². The van der Waals surface area contributed by atoms with Crippen LogP contribution in [0.2, 0.25) is 0 Å². The molecule has 0 fully saturated rings. The smallest absolute Gasteiger partial charge is 0.135 e. The second kappa shape index (κ2) is 7.00. The van der Waals surface area contributed by atoms with E-state index in [4.69, 9.17) is 18.0 Å². The van der Waals surface area contributed by atoms with Crippen molar-refractivity contribution < 1.29 is 4.39 Å². The van der Waals surface area contributed by atoms with E-state index in [0.29, 0.717) is 0 Å². The second-order valence-electron chi connectivity index (χ2n) is 4.49. The number of halogens is 1. The first-order chi connectivity index (χ1) is 9.66. The fraction of sp³-hybridized carbons (Fsp3) is 0.286. The van der Waals surface area contributed by atoms with Gasteiger partial charge in [0.25, 0.3) is 0 Å². The zero-order valence-electron chi connectivity index (χ0n) is 11.1. The van der Waals surface area contributed by atoms with Gasteiger partial charge in [0, 0.05) is 36.7 Å². The number of unbranched alkanes of at least 4 members (excludes halogenated alkanes) is 1. The molecule has 3 N–H and O–H groups in total. The van der Waals surface area contributed by atoms with Crippen LogP contribution in [0.4, 0.5) is 10.1 Å². The Morgan fingerprint density at radius 2 is 2.25 bits per heavy atom. The molecule has 1 aromatic carbocycles. The first-order valence-electron chi connectivity index (χ1n) is 6.46. The zero-order valence-corrected chi connectivity index (χ0v) is 11.9. The summed E-state index contributed by atoms with van der Waals surface area (Å²) in [6.45, 7) is 1.73. The number of nitrogens with one attached hydrogen (secondary N) is 1. The lowest BCUT2D eigenvalue weighted by Crippen LogP contribution is -2.12. The number of anilines is 1. The fourth-order valence-electron chi connectivity index (χ4n) is 1.90. The van der Waals surface area contributed by atoms with Crippen LogP contribution in [-0.4, -0.2) is 21.1 Å². The van der Waals surface area contributed by atoms with Crippen LogP contribution < -0.4 is 11.1 Å². The van der Waals surface area contributed by atoms with E-state index in [1.807, 2.05) is 10.8 Å². The molecule has 6 heteroatoms. The zero-order chi connectivity index (χ0) is 14.4. The van der Waals surface area contributed by atoms with Crippen LogP contribution in [0.3, 0.4) is 0 Å². The lowest BCUT2D eigenvalue weighted by atomic mass is 10.2. The Hall–Kier alpha value is -1.95. The standard InChI is InChI=1S/C14H17FN4S/c15-13-9-11(3-4-12(13)14(16)20)18-5-1-2-7-19-8-6-17-10-19/h3-4,6,8-10,18H,1-2,5,7H2,(H2,16,20). The third-order valence-corrected chi connectivity index (χ3v) is 3.19. The average Bonchev–Trinajstić information content (AvgIpc) is 2.91. The number of nitrogens with two attached hydrogens (primary N) is 1. The highest BCUT2D eigenvalue weighted by atomic mass is 32.1. The molecule has 0 bridgehead atoms. The molecule has 1 heterocycles. The summed E-state index contributed by atoms with van der Waals surface area (Å²) in [5, 5.41) is 3.18. The third-order valence-electron chi connectivity index (χ3n) is 2.97. The van der Waals surface area contributed by atoms with E-state index >= 15 is 0 Å². The van der Waals surface area contributed by atoms with Crippen LogP contribution in [0, 0.1) is 5.82 Å². The van der Waals surface area contributed by atoms with Crippen LogP contribution in [0.1, 0.15) is 18.4 Å². The number of rotatable bonds is 7. The summed E-state index contributed by atoms with van der Waals surface area (Å²) >= 11 is 4.76. The minimum Gasteiger partial charge on any atom is -0.389 e. The van der Waals surface area contributed by atoms with Crippen molar-refractivity contribution in [2.24, 2.45) is 5.73 Å². The molecule has 0 aliphatic carbocycles. The number of aromatic nitrogens is 2. The number of nitrogens with zero attached hydrogens (tertiary/aromatic N) is 2. The SMILES string of the molecule is NC(=S)c1ccc(NCCCCn2ccnc2)cc1F. The first kappa shape index (κ1) is 14.5. The predicted octanol–water partition coefficient (Wildman–Crippen LogP) is 2.55. The van der Waals surface area contributed by atoms with Crippen LogP contribution >= 0.6 is 12.2 Å². The van der Waals surface area contributed by atoms with Gasteiger partial charge in [-0.1, -0.05) is 12.2 Å². The Morgan fingerprint density at radius 3 is 2.90 bits per heavy atom. The normalized spacial score (nSPS) is 10.4. The summed E-state index contributed by atoms with van der Waals surface area (Å²) in [5.74, 6) is -0.388. The molecule has 0 unspecified atom stereocenters. The van der Waals surface area contributed by atoms with Gasteiger partial charge < -0.3 is 15.6 Å². The molecule has 0 radical (unpaired) electrons. The van der Waals surface area contributed by atoms with Crippen molar-refractivity contribution in [3.8, 4) is 0 Å². The molecule has 1 aromatic heterocycles. The monoisotopic (exact) mass is 292 g/mol. The number of aryl methyl sites for hydroxylation is 1. The van der Waals surface area contributed by atoms with Crippen molar-refractivity contribution in [3.63, 3.8) is 0 Å². The molecule has 4 nitrogen and oxygen atoms in total. The Bertz CT molecular complexity index is 569. The molecular weight excluding hydrogens is 275 g/mol. The highest BCUT2D eigenvalue weighted by Gasteiger charge is 2.05. The first-order valence-corrected chi connectivity index (χ1v) is 6.86. The largest absolute Gasteiger partial charge is 0.389 e. The Labute approximate surface area is 122 Å². The van der Waals surface area contributed by atoms with Gasteiger partial charge in [-0.15, -0.1) is 0 Å². The topological polar surface area (TPSA) is 55.9 Å². The van der Waals surface area contributed by atoms with E-state index < -0.39 is 0 Å². The molecule has 0 saturated carbocycles. The second-order valence-corrected chi connectivity index (χ2v) is 4.93. The van der Waals surface area contributed by atoms with Crippen molar-refractivity contribution >= 4 is 22.9 Å². The van der Waals surface area contributed by atoms with Gasteiger partial charge in [-0.05, 0) is 31.0 Å². The van der Waals surface area contributed by atoms with Crippen LogP contribution in [-0.2, 0) is 6.54 Å². The van der Waals surface area contributed by atoms with Gasteiger partial charge in [0.05, 0.1) is 6.33 Å². The minimum atomic E-state index is -0.388. The molecule has 0 saturated heterocycles. The van der Waals surface area contributed by atoms with E-state index in [2.05, 4.69) is 10.3 Å². The van der Waals surface area contributed by atoms with Gasteiger partial charge in [0.2, 0.25) is 0 Å². The van der Waals surface area contributed by atoms with Crippen LogP contribution in [0.15, 0.2) is 36.9 Å². The number of thiocarbonyl (C=S) groups is 1. The third kappa shape index (κ3) is 4.03. The van der Waals surface area contributed by atoms with Gasteiger partial charge in [-0.2, -0.15) is 0 Å². The van der Waals surface area contributed by atoms with Crippen molar-refractivity contribution in [1.29, 1.82) is 0 Å². The van der Waals surface area contributed by atoms with Gasteiger partial charge in [-0.25, -0.2) is 9.37 Å². The molecule has 2 aromatic rings. The molecular formula is C14H17FN4S. The van der Waals surface area contributed by atoms with Crippen LogP contribution in [0.5, 0.6) is 0 Å². The summed E-state index contributed by atoms with van der Waals surface area (Å²) < 4.78 is 15.7. The maximum atomic E-state index is 13.6. The minimum absolute atomic E-state index is 0.0781. The summed E-state index contributed by atoms with van der Waals surface area (Å²) in [5.41, 5.74) is 6.44. The summed E-state index contributed by atoms with van der Waals surface area (Å²) in [7, 11) is 0. The van der Waals surface area contributed by atoms with E-state index in [1.54, 1.807) is 24.7 Å². The Balaban J connectivity index is 1.74. The maximum absolute atomic E-state index is 13.6. The van der Waals surface area contributed by atoms with Gasteiger partial charge in [0.15, 0.2) is 0 Å². The Kier molecular flexibility index (Phi) is 5.06. The molecule has 106 valence electrons. The molecule has 2 rings (SSSR count). The molecule has 0 atom stereocenters. The summed E-state index contributed by atoms with van der Waals surface area (Å²) in [6.07, 6.45) is 7.55. The van der Waals surface area contributed by atoms with Gasteiger partial charge in [-0.3, -0.25) is 0 Å². The highest BCUT2D eigenvalue weighted by molar-refractivity contribution is 7.80. The lowest BCUT2D eigenvalue weighted by Gasteiger charge is -2.08. The fourth-order valence-corrected chi connectivity index (χ4v) is 2.06. The summed E-state index contributed by atoms with van der Waals surface area (Å²) in [6, 6.07) is 4.81. The highest BCUT2D eigenvalue weighted by Crippen LogP contribution is 2.14. The van der Waals surface area contributed by atoms with Crippen LogP contribution in [0.25, 0.3) is 0 Å². The van der Waals surface area contributed by atoms with E-state index in [-0.39, 0.29) is 16.4 Å². The van der Waals surface area contributed by atoms with E-state index in [0.717, 1.165) is 31.6 Å². The number of hydrogen-bond donors (Lipinski definition) is 2. The van der Waals surface area contributed by atoms with Gasteiger partial charge >= 0.3 is 0 Å². The quantitative estimate of drug-likeness (QED) is 0.608. The maximum Gasteiger partial charge on any atom is 0.135 e. The van der Waals surface area contributed by atoms with E-state index in [9.17, 15) is 4.39 Å². The molecule has 0 spiro atoms. The van der Waals surface area contributed by atoms with Crippen molar-refractivity contribution in [1.82, 2.24) is 9.55 Å². The summed E-state index contributed by atoms with van der Waals surface area (Å²) in [4.78, 5) is 4.06. The van der Waals surface area contributed by atoms with Gasteiger partial charge in [0.1, 0.15) is 10.8 Å². The van der Waals surface area contributed by atoms with E-state index in [1.165, 1.54) is 6.07 Å². The molecule has 20 heavy (non-hydrogen) atoms. The lowest BCUT2D eigenvalue weighted by molar-refractivity contribution is 0.618. The Morgan fingerprint density at radius 1 is 1.40 bits per heavy atom. The van der Waals surface area contributed by atoms with Crippen molar-refractivity contribution in [2.45, 2.75) is 19.4 Å². The predicted molar refractivity (Wildman–Crippen MR) is 82.2 cm³/mol. The number of imidazole rings is 1. The van der Waals surface area contributed by atoms with Crippen molar-refractivity contribution in [2.75, 3.05) is 11.9 Å². The molecule has 0 aliphatic heterocycles. The molecule has 0 amide bonds. The average molecular weight is 292 g/mol. The number of hydrogen-bond acceptors (Lipinski definition) is 3. The molecule has 0 aliphatic rings. The number of benzene rings is 1.